The number of aromatic nitrogens is 1. The maximum absolute atomic E-state index is 8.71. The Hall–Kier alpha value is -2.06. The van der Waals surface area contributed by atoms with Crippen molar-refractivity contribution in [3.8, 4) is 11.8 Å². The Labute approximate surface area is 148 Å². The molecule has 0 unspecified atom stereocenters. The summed E-state index contributed by atoms with van der Waals surface area (Å²) in [6.07, 6.45) is 7.18. The third-order valence-electron chi connectivity index (χ3n) is 3.42. The molecule has 0 aliphatic heterocycles. The molecule has 2 rings (SSSR count). The summed E-state index contributed by atoms with van der Waals surface area (Å²) in [7, 11) is 0. The molecule has 0 fully saturated rings. The van der Waals surface area contributed by atoms with Crippen LogP contribution < -0.4 is 4.72 Å². The maximum atomic E-state index is 8.71. The van der Waals surface area contributed by atoms with E-state index in [0.717, 1.165) is 29.1 Å². The van der Waals surface area contributed by atoms with Crippen molar-refractivity contribution in [3.63, 3.8) is 0 Å². The van der Waals surface area contributed by atoms with Gasteiger partial charge in [-0.1, -0.05) is 30.9 Å². The molecule has 124 valence electrons. The minimum atomic E-state index is -0.113. The van der Waals surface area contributed by atoms with Gasteiger partial charge in [-0.25, -0.2) is 0 Å². The van der Waals surface area contributed by atoms with E-state index in [0.29, 0.717) is 0 Å². The van der Waals surface area contributed by atoms with Crippen LogP contribution in [0.15, 0.2) is 47.5 Å². The van der Waals surface area contributed by atoms with Gasteiger partial charge in [0.2, 0.25) is 0 Å². The number of allylic oxidation sites excluding steroid dienone is 1. The van der Waals surface area contributed by atoms with Crippen LogP contribution in [-0.2, 0) is 6.54 Å². The number of aliphatic hydroxyl groups excluding tert-OH is 1. The Morgan fingerprint density at radius 3 is 2.75 bits per heavy atom. The van der Waals surface area contributed by atoms with Crippen LogP contribution >= 0.6 is 11.9 Å². The summed E-state index contributed by atoms with van der Waals surface area (Å²) in [6.45, 7) is 4.82. The minimum absolute atomic E-state index is 0.113. The molecule has 0 radical (unpaired) electrons. The van der Waals surface area contributed by atoms with E-state index >= 15 is 0 Å². The largest absolute Gasteiger partial charge is 0.384 e. The summed E-state index contributed by atoms with van der Waals surface area (Å²) in [4.78, 5) is 5.50. The molecule has 1 aromatic heterocycles. The van der Waals surface area contributed by atoms with Crippen molar-refractivity contribution in [2.45, 2.75) is 31.7 Å². The average Bonchev–Trinajstić information content (AvgIpc) is 2.60. The molecule has 4 heteroatoms. The SMILES string of the molecule is CC/C=C\c1c(CNSc2ccc(C#CCO)cc2)ccnc1C. The van der Waals surface area contributed by atoms with Crippen LogP contribution in [0.1, 0.15) is 35.7 Å². The molecule has 2 N–H and O–H groups in total. The van der Waals surface area contributed by atoms with Crippen molar-refractivity contribution in [2.75, 3.05) is 6.61 Å². The number of hydrogen-bond donors (Lipinski definition) is 2. The Bertz CT molecular complexity index is 742. The van der Waals surface area contributed by atoms with Crippen molar-refractivity contribution in [1.82, 2.24) is 9.71 Å². The molecule has 2 aromatic rings. The highest BCUT2D eigenvalue weighted by Gasteiger charge is 2.04. The lowest BCUT2D eigenvalue weighted by Crippen LogP contribution is -2.06. The zero-order valence-corrected chi connectivity index (χ0v) is 14.9. The monoisotopic (exact) mass is 338 g/mol. The average molecular weight is 338 g/mol. The second-order valence-electron chi connectivity index (χ2n) is 5.19. The van der Waals surface area contributed by atoms with Crippen LogP contribution in [0.5, 0.6) is 0 Å². The first-order valence-corrected chi connectivity index (χ1v) is 8.76. The van der Waals surface area contributed by atoms with E-state index < -0.39 is 0 Å². The summed E-state index contributed by atoms with van der Waals surface area (Å²) < 4.78 is 3.40. The summed E-state index contributed by atoms with van der Waals surface area (Å²) in [6, 6.07) is 10.0. The molecule has 0 bridgehead atoms. The van der Waals surface area contributed by atoms with Crippen LogP contribution in [0.3, 0.4) is 0 Å². The van der Waals surface area contributed by atoms with Gasteiger partial charge in [0.1, 0.15) is 6.61 Å². The van der Waals surface area contributed by atoms with Crippen molar-refractivity contribution < 1.29 is 5.11 Å². The predicted octanol–water partition coefficient (Wildman–Crippen LogP) is 3.95. The Morgan fingerprint density at radius 2 is 2.04 bits per heavy atom. The van der Waals surface area contributed by atoms with E-state index in [-0.39, 0.29) is 6.61 Å². The van der Waals surface area contributed by atoms with Crippen molar-refractivity contribution in [1.29, 1.82) is 0 Å². The lowest BCUT2D eigenvalue weighted by atomic mass is 10.1. The summed E-state index contributed by atoms with van der Waals surface area (Å²) in [5, 5.41) is 8.71. The molecular formula is C20H22N2OS. The molecule has 0 aliphatic carbocycles. The fourth-order valence-electron chi connectivity index (χ4n) is 2.19. The van der Waals surface area contributed by atoms with E-state index in [9.17, 15) is 0 Å². The van der Waals surface area contributed by atoms with Gasteiger partial charge in [0.15, 0.2) is 0 Å². The van der Waals surface area contributed by atoms with Crippen LogP contribution in [0.2, 0.25) is 0 Å². The van der Waals surface area contributed by atoms with E-state index in [1.54, 1.807) is 11.9 Å². The standard InChI is InChI=1S/C20H22N2OS/c1-3-4-7-20-16(2)21-13-12-18(20)15-22-24-19-10-8-17(9-11-19)6-5-14-23/h4,7-13,22-23H,3,14-15H2,1-2H3/b7-4-. The number of rotatable bonds is 6. The zero-order chi connectivity index (χ0) is 17.2. The van der Waals surface area contributed by atoms with Crippen molar-refractivity contribution >= 4 is 18.0 Å². The van der Waals surface area contributed by atoms with Crippen LogP contribution in [0.4, 0.5) is 0 Å². The number of pyridine rings is 1. The van der Waals surface area contributed by atoms with Gasteiger partial charge in [-0.15, -0.1) is 0 Å². The number of benzene rings is 1. The number of aryl methyl sites for hydroxylation is 1. The number of hydrogen-bond acceptors (Lipinski definition) is 4. The molecule has 0 saturated heterocycles. The number of nitrogens with one attached hydrogen (secondary N) is 1. The van der Waals surface area contributed by atoms with E-state index in [1.807, 2.05) is 37.4 Å². The van der Waals surface area contributed by atoms with Gasteiger partial charge in [-0.2, -0.15) is 0 Å². The quantitative estimate of drug-likeness (QED) is 0.618. The Kier molecular flexibility index (Phi) is 7.57. The van der Waals surface area contributed by atoms with Crippen LogP contribution in [-0.4, -0.2) is 16.7 Å². The van der Waals surface area contributed by atoms with Gasteiger partial charge in [-0.05, 0) is 66.8 Å². The zero-order valence-electron chi connectivity index (χ0n) is 14.0. The topological polar surface area (TPSA) is 45.1 Å². The first kappa shape index (κ1) is 18.3. The lowest BCUT2D eigenvalue weighted by molar-refractivity contribution is 0.350. The van der Waals surface area contributed by atoms with Crippen LogP contribution in [0, 0.1) is 18.8 Å². The second kappa shape index (κ2) is 9.94. The minimum Gasteiger partial charge on any atom is -0.384 e. The molecule has 0 aliphatic rings. The molecule has 1 heterocycles. The first-order chi connectivity index (χ1) is 11.7. The lowest BCUT2D eigenvalue weighted by Gasteiger charge is -2.09. The summed E-state index contributed by atoms with van der Waals surface area (Å²) in [5.74, 6) is 5.54. The number of nitrogens with zero attached hydrogens (tertiary/aromatic N) is 1. The Morgan fingerprint density at radius 1 is 1.25 bits per heavy atom. The molecule has 1 aromatic carbocycles. The van der Waals surface area contributed by atoms with Crippen LogP contribution in [0.25, 0.3) is 6.08 Å². The first-order valence-electron chi connectivity index (χ1n) is 7.95. The summed E-state index contributed by atoms with van der Waals surface area (Å²) >= 11 is 1.59. The molecule has 3 nitrogen and oxygen atoms in total. The van der Waals surface area contributed by atoms with Crippen molar-refractivity contribution in [2.24, 2.45) is 0 Å². The third kappa shape index (κ3) is 5.54. The molecular weight excluding hydrogens is 316 g/mol. The molecule has 24 heavy (non-hydrogen) atoms. The molecule has 0 atom stereocenters. The van der Waals surface area contributed by atoms with Gasteiger partial charge in [0.05, 0.1) is 0 Å². The van der Waals surface area contributed by atoms with Gasteiger partial charge in [0.25, 0.3) is 0 Å². The van der Waals surface area contributed by atoms with E-state index in [2.05, 4.69) is 46.7 Å². The molecule has 0 spiro atoms. The van der Waals surface area contributed by atoms with Gasteiger partial charge >= 0.3 is 0 Å². The molecule has 0 saturated carbocycles. The normalized spacial score (nSPS) is 10.6. The highest BCUT2D eigenvalue weighted by Crippen LogP contribution is 2.18. The smallest absolute Gasteiger partial charge is 0.104 e. The van der Waals surface area contributed by atoms with Gasteiger partial charge in [-0.3, -0.25) is 9.71 Å². The second-order valence-corrected chi connectivity index (χ2v) is 6.15. The van der Waals surface area contributed by atoms with Gasteiger partial charge in [0, 0.05) is 28.9 Å². The highest BCUT2D eigenvalue weighted by atomic mass is 32.2. The van der Waals surface area contributed by atoms with E-state index in [4.69, 9.17) is 5.11 Å². The number of aliphatic hydroxyl groups is 1. The third-order valence-corrected chi connectivity index (χ3v) is 4.22. The van der Waals surface area contributed by atoms with Crippen molar-refractivity contribution in [3.05, 3.63) is 65.0 Å². The van der Waals surface area contributed by atoms with E-state index in [1.165, 1.54) is 11.1 Å². The fraction of sp³-hybridized carbons (Fsp3) is 0.250. The fourth-order valence-corrected chi connectivity index (χ4v) is 2.86. The maximum Gasteiger partial charge on any atom is 0.104 e. The summed E-state index contributed by atoms with van der Waals surface area (Å²) in [5.41, 5.74) is 4.40. The molecule has 0 amide bonds. The highest BCUT2D eigenvalue weighted by molar-refractivity contribution is 7.97. The predicted molar refractivity (Wildman–Crippen MR) is 101 cm³/mol. The Balaban J connectivity index is 1.97. The van der Waals surface area contributed by atoms with Gasteiger partial charge < -0.3 is 5.11 Å².